The van der Waals surface area contributed by atoms with Crippen LogP contribution >= 0.6 is 0 Å². The third-order valence-electron chi connectivity index (χ3n) is 1.67. The van der Waals surface area contributed by atoms with Crippen molar-refractivity contribution in [3.05, 3.63) is 66.7 Å². The molecule has 0 radical (unpaired) electrons. The molecule has 0 aromatic heterocycles. The van der Waals surface area contributed by atoms with Crippen LogP contribution in [-0.2, 0) is 4.79 Å². The molecule has 0 atom stereocenters. The van der Waals surface area contributed by atoms with Crippen molar-refractivity contribution >= 4 is 12.1 Å². The summed E-state index contributed by atoms with van der Waals surface area (Å²) in [7, 11) is 0. The minimum atomic E-state index is 0.662. The summed E-state index contributed by atoms with van der Waals surface area (Å²) >= 11 is 0. The van der Waals surface area contributed by atoms with E-state index in [1.165, 1.54) is 0 Å². The molecule has 0 saturated carbocycles. The summed E-state index contributed by atoms with van der Waals surface area (Å²) in [5.74, 6) is 0. The maximum Gasteiger partial charge on any atom is 0.211 e. The fourth-order valence-electron chi connectivity index (χ4n) is 0.987. The van der Waals surface area contributed by atoms with Crippen molar-refractivity contribution in [1.82, 2.24) is 0 Å². The number of anilines is 1. The van der Waals surface area contributed by atoms with Crippen molar-refractivity contribution in [2.45, 2.75) is 0 Å². The second kappa shape index (κ2) is 7.33. The van der Waals surface area contributed by atoms with Gasteiger partial charge in [-0.3, -0.25) is 4.79 Å². The van der Waals surface area contributed by atoms with Gasteiger partial charge in [-0.15, -0.1) is 0 Å². The Kier molecular flexibility index (Phi) is 5.37. The molecule has 2 heteroatoms. The summed E-state index contributed by atoms with van der Waals surface area (Å²) in [6.07, 6.45) is 0.662. The van der Waals surface area contributed by atoms with Gasteiger partial charge in [0, 0.05) is 5.69 Å². The monoisotopic (exact) mass is 199 g/mol. The van der Waals surface area contributed by atoms with Gasteiger partial charge in [0.25, 0.3) is 0 Å². The number of amides is 1. The highest BCUT2D eigenvalue weighted by Gasteiger charge is 1.81. The molecule has 2 nitrogen and oxygen atoms in total. The number of carbonyl (C=O) groups excluding carboxylic acids is 1. The van der Waals surface area contributed by atoms with Gasteiger partial charge in [-0.1, -0.05) is 54.6 Å². The van der Waals surface area contributed by atoms with Gasteiger partial charge in [0.05, 0.1) is 0 Å². The van der Waals surface area contributed by atoms with Gasteiger partial charge in [0.15, 0.2) is 0 Å². The number of para-hydroxylation sites is 1. The maximum absolute atomic E-state index is 9.86. The van der Waals surface area contributed by atoms with E-state index in [-0.39, 0.29) is 0 Å². The molecule has 0 spiro atoms. The Morgan fingerprint density at radius 1 is 0.733 bits per heavy atom. The summed E-state index contributed by atoms with van der Waals surface area (Å²) in [4.78, 5) is 9.86. The van der Waals surface area contributed by atoms with E-state index in [1.807, 2.05) is 66.7 Å². The first-order valence-electron chi connectivity index (χ1n) is 4.69. The van der Waals surface area contributed by atoms with Crippen LogP contribution in [0.15, 0.2) is 66.7 Å². The highest BCUT2D eigenvalue weighted by Crippen LogP contribution is 2.01. The van der Waals surface area contributed by atoms with Crippen molar-refractivity contribution in [1.29, 1.82) is 0 Å². The second-order valence-corrected chi connectivity index (χ2v) is 2.78. The fourth-order valence-corrected chi connectivity index (χ4v) is 0.987. The predicted molar refractivity (Wildman–Crippen MR) is 62.6 cm³/mol. The van der Waals surface area contributed by atoms with Gasteiger partial charge in [0.2, 0.25) is 6.41 Å². The van der Waals surface area contributed by atoms with Gasteiger partial charge in [-0.2, -0.15) is 0 Å². The van der Waals surface area contributed by atoms with E-state index < -0.39 is 0 Å². The van der Waals surface area contributed by atoms with Crippen molar-refractivity contribution in [3.8, 4) is 0 Å². The van der Waals surface area contributed by atoms with Crippen molar-refractivity contribution in [2.24, 2.45) is 0 Å². The molecule has 0 heterocycles. The summed E-state index contributed by atoms with van der Waals surface area (Å²) in [5.41, 5.74) is 0.826. The highest BCUT2D eigenvalue weighted by molar-refractivity contribution is 5.70. The molecule has 2 rings (SSSR count). The molecule has 1 N–H and O–H groups in total. The van der Waals surface area contributed by atoms with E-state index in [0.717, 1.165) is 5.69 Å². The SMILES string of the molecule is O=CNc1ccccc1.c1ccccc1. The zero-order chi connectivity index (χ0) is 10.8. The Labute approximate surface area is 89.6 Å². The predicted octanol–water partition coefficient (Wildman–Crippen LogP) is 2.94. The first-order valence-corrected chi connectivity index (χ1v) is 4.69. The molecule has 0 aliphatic rings. The van der Waals surface area contributed by atoms with E-state index in [2.05, 4.69) is 5.32 Å². The zero-order valence-corrected chi connectivity index (χ0v) is 8.34. The Hall–Kier alpha value is -2.09. The van der Waals surface area contributed by atoms with Crippen LogP contribution in [0.5, 0.6) is 0 Å². The summed E-state index contributed by atoms with van der Waals surface area (Å²) in [6, 6.07) is 21.3. The standard InChI is InChI=1S/C7H7NO.C6H6/c9-6-8-7-4-2-1-3-5-7;1-2-4-6-5-3-1/h1-6H,(H,8,9);1-6H. The summed E-state index contributed by atoms with van der Waals surface area (Å²) in [6.45, 7) is 0. The van der Waals surface area contributed by atoms with Gasteiger partial charge in [-0.05, 0) is 12.1 Å². The third-order valence-corrected chi connectivity index (χ3v) is 1.67. The number of carbonyl (C=O) groups is 1. The Bertz CT molecular complexity index is 332. The molecular weight excluding hydrogens is 186 g/mol. The van der Waals surface area contributed by atoms with Crippen LogP contribution < -0.4 is 5.32 Å². The minimum absolute atomic E-state index is 0.662. The van der Waals surface area contributed by atoms with Crippen LogP contribution in [0, 0.1) is 0 Å². The minimum Gasteiger partial charge on any atom is -0.329 e. The van der Waals surface area contributed by atoms with Gasteiger partial charge in [-0.25, -0.2) is 0 Å². The molecular formula is C13H13NO. The highest BCUT2D eigenvalue weighted by atomic mass is 16.1. The molecule has 0 saturated heterocycles. The lowest BCUT2D eigenvalue weighted by atomic mass is 10.3. The molecule has 0 bridgehead atoms. The van der Waals surface area contributed by atoms with Crippen molar-refractivity contribution < 1.29 is 4.79 Å². The van der Waals surface area contributed by atoms with Crippen LogP contribution in [0.1, 0.15) is 0 Å². The number of hydrogen-bond donors (Lipinski definition) is 1. The number of nitrogens with one attached hydrogen (secondary N) is 1. The lowest BCUT2D eigenvalue weighted by Crippen LogP contribution is -1.91. The van der Waals surface area contributed by atoms with Gasteiger partial charge in [0.1, 0.15) is 0 Å². The lowest BCUT2D eigenvalue weighted by Gasteiger charge is -1.93. The van der Waals surface area contributed by atoms with E-state index >= 15 is 0 Å². The molecule has 2 aromatic rings. The van der Waals surface area contributed by atoms with Crippen molar-refractivity contribution in [3.63, 3.8) is 0 Å². The molecule has 1 amide bonds. The summed E-state index contributed by atoms with van der Waals surface area (Å²) in [5, 5.41) is 2.53. The molecule has 76 valence electrons. The van der Waals surface area contributed by atoms with Crippen LogP contribution in [-0.4, -0.2) is 6.41 Å². The van der Waals surface area contributed by atoms with Crippen LogP contribution in [0.2, 0.25) is 0 Å². The molecule has 0 aliphatic carbocycles. The molecule has 0 fully saturated rings. The van der Waals surface area contributed by atoms with Gasteiger partial charge >= 0.3 is 0 Å². The Morgan fingerprint density at radius 2 is 1.13 bits per heavy atom. The number of rotatable bonds is 2. The van der Waals surface area contributed by atoms with Gasteiger partial charge < -0.3 is 5.32 Å². The first kappa shape index (κ1) is 11.0. The van der Waals surface area contributed by atoms with Crippen LogP contribution in [0.3, 0.4) is 0 Å². The van der Waals surface area contributed by atoms with E-state index in [9.17, 15) is 4.79 Å². The summed E-state index contributed by atoms with van der Waals surface area (Å²) < 4.78 is 0. The average molecular weight is 199 g/mol. The third kappa shape index (κ3) is 5.26. The Balaban J connectivity index is 0.000000162. The van der Waals surface area contributed by atoms with E-state index in [4.69, 9.17) is 0 Å². The lowest BCUT2D eigenvalue weighted by molar-refractivity contribution is -0.105. The molecule has 15 heavy (non-hydrogen) atoms. The molecule has 2 aromatic carbocycles. The van der Waals surface area contributed by atoms with Crippen molar-refractivity contribution in [2.75, 3.05) is 5.32 Å². The topological polar surface area (TPSA) is 29.1 Å². The Morgan fingerprint density at radius 3 is 1.53 bits per heavy atom. The number of hydrogen-bond acceptors (Lipinski definition) is 1. The normalized spacial score (nSPS) is 8.27. The second-order valence-electron chi connectivity index (χ2n) is 2.78. The maximum atomic E-state index is 9.86. The molecule has 0 unspecified atom stereocenters. The average Bonchev–Trinajstić information content (AvgIpc) is 2.34. The first-order chi connectivity index (χ1) is 7.43. The smallest absolute Gasteiger partial charge is 0.211 e. The quantitative estimate of drug-likeness (QED) is 0.740. The van der Waals surface area contributed by atoms with Crippen LogP contribution in [0.25, 0.3) is 0 Å². The van der Waals surface area contributed by atoms with E-state index in [1.54, 1.807) is 0 Å². The van der Waals surface area contributed by atoms with E-state index in [0.29, 0.717) is 6.41 Å². The zero-order valence-electron chi connectivity index (χ0n) is 8.34. The van der Waals surface area contributed by atoms with Crippen LogP contribution in [0.4, 0.5) is 5.69 Å². The largest absolute Gasteiger partial charge is 0.329 e. The number of benzene rings is 2. The fraction of sp³-hybridized carbons (Fsp3) is 0. The molecule has 0 aliphatic heterocycles.